The highest BCUT2D eigenvalue weighted by Crippen LogP contribution is 2.14. The van der Waals surface area contributed by atoms with Crippen LogP contribution in [-0.4, -0.2) is 23.5 Å². The first kappa shape index (κ1) is 16.2. The number of unbranched alkanes of at least 4 members (excludes halogenated alkanes) is 1. The molecule has 0 atom stereocenters. The fraction of sp³-hybridized carbons (Fsp3) is 0.500. The van der Waals surface area contributed by atoms with Gasteiger partial charge >= 0.3 is 5.97 Å². The van der Waals surface area contributed by atoms with Crippen LogP contribution >= 0.6 is 0 Å². The molecule has 1 aromatic carbocycles. The van der Waals surface area contributed by atoms with Gasteiger partial charge in [0, 0.05) is 12.1 Å². The molecular formula is C16H23NO3. The second-order valence-corrected chi connectivity index (χ2v) is 5.67. The molecule has 0 heterocycles. The summed E-state index contributed by atoms with van der Waals surface area (Å²) in [6.45, 7) is 5.43. The van der Waals surface area contributed by atoms with Gasteiger partial charge in [0.05, 0.1) is 5.41 Å². The minimum absolute atomic E-state index is 0.110. The van der Waals surface area contributed by atoms with E-state index in [0.717, 1.165) is 19.3 Å². The molecule has 0 unspecified atom stereocenters. The predicted molar refractivity (Wildman–Crippen MR) is 78.8 cm³/mol. The molecule has 0 bridgehead atoms. The summed E-state index contributed by atoms with van der Waals surface area (Å²) >= 11 is 0. The lowest BCUT2D eigenvalue weighted by Crippen LogP contribution is -2.38. The van der Waals surface area contributed by atoms with Gasteiger partial charge in [0.15, 0.2) is 0 Å². The largest absolute Gasteiger partial charge is 0.481 e. The quantitative estimate of drug-likeness (QED) is 0.805. The van der Waals surface area contributed by atoms with Crippen LogP contribution in [0.15, 0.2) is 24.3 Å². The lowest BCUT2D eigenvalue weighted by atomic mass is 9.94. The summed E-state index contributed by atoms with van der Waals surface area (Å²) in [6.07, 6.45) is 3.30. The van der Waals surface area contributed by atoms with Crippen LogP contribution in [-0.2, 0) is 11.2 Å². The molecule has 0 aromatic heterocycles. The Labute approximate surface area is 120 Å². The summed E-state index contributed by atoms with van der Waals surface area (Å²) in [5, 5.41) is 11.7. The Morgan fingerprint density at radius 1 is 1.20 bits per heavy atom. The lowest BCUT2D eigenvalue weighted by molar-refractivity contribution is -0.146. The Hall–Kier alpha value is -1.84. The maximum atomic E-state index is 11.9. The van der Waals surface area contributed by atoms with E-state index in [9.17, 15) is 9.59 Å². The molecule has 110 valence electrons. The van der Waals surface area contributed by atoms with E-state index in [-0.39, 0.29) is 12.5 Å². The van der Waals surface area contributed by atoms with Gasteiger partial charge in [-0.1, -0.05) is 25.5 Å². The number of carboxylic acid groups (broad SMARTS) is 1. The molecule has 0 spiro atoms. The number of nitrogens with one attached hydrogen (secondary N) is 1. The third-order valence-electron chi connectivity index (χ3n) is 3.30. The Kier molecular flexibility index (Phi) is 5.74. The molecular weight excluding hydrogens is 254 g/mol. The highest BCUT2D eigenvalue weighted by Gasteiger charge is 2.27. The molecule has 0 saturated heterocycles. The van der Waals surface area contributed by atoms with Crippen LogP contribution < -0.4 is 5.32 Å². The first-order valence-electron chi connectivity index (χ1n) is 6.97. The predicted octanol–water partition coefficient (Wildman–Crippen LogP) is 2.87. The van der Waals surface area contributed by atoms with Crippen LogP contribution in [0, 0.1) is 5.41 Å². The van der Waals surface area contributed by atoms with Crippen LogP contribution in [0.5, 0.6) is 0 Å². The molecule has 2 N–H and O–H groups in total. The van der Waals surface area contributed by atoms with Gasteiger partial charge in [-0.15, -0.1) is 0 Å². The fourth-order valence-electron chi connectivity index (χ4n) is 1.68. The smallest absolute Gasteiger partial charge is 0.310 e. The second kappa shape index (κ2) is 7.08. The first-order chi connectivity index (χ1) is 9.36. The minimum Gasteiger partial charge on any atom is -0.481 e. The number of carbonyl (C=O) groups excluding carboxylic acids is 1. The number of benzene rings is 1. The third kappa shape index (κ3) is 4.68. The number of hydrogen-bond acceptors (Lipinski definition) is 2. The maximum Gasteiger partial charge on any atom is 0.310 e. The standard InChI is InChI=1S/C16H23NO3/c1-4-5-6-12-7-9-13(10-8-12)14(18)17-11-16(2,3)15(19)20/h7-10H,4-6,11H2,1-3H3,(H,17,18)(H,19,20). The number of carboxylic acids is 1. The molecule has 1 amide bonds. The Bertz CT molecular complexity index is 463. The molecule has 0 saturated carbocycles. The summed E-state index contributed by atoms with van der Waals surface area (Å²) in [5.41, 5.74) is 0.817. The van der Waals surface area contributed by atoms with Gasteiger partial charge in [0.25, 0.3) is 5.91 Å². The first-order valence-corrected chi connectivity index (χ1v) is 6.97. The molecule has 0 radical (unpaired) electrons. The number of hydrogen-bond donors (Lipinski definition) is 2. The van der Waals surface area contributed by atoms with Gasteiger partial charge in [-0.25, -0.2) is 0 Å². The van der Waals surface area contributed by atoms with Gasteiger partial charge in [-0.05, 0) is 44.4 Å². The lowest BCUT2D eigenvalue weighted by Gasteiger charge is -2.19. The monoisotopic (exact) mass is 277 g/mol. The molecule has 0 aliphatic heterocycles. The van der Waals surface area contributed by atoms with Gasteiger partial charge in [0.1, 0.15) is 0 Å². The zero-order valence-corrected chi connectivity index (χ0v) is 12.4. The number of aliphatic carboxylic acids is 1. The van der Waals surface area contributed by atoms with Crippen molar-refractivity contribution in [3.8, 4) is 0 Å². The highest BCUT2D eigenvalue weighted by atomic mass is 16.4. The Morgan fingerprint density at radius 2 is 1.80 bits per heavy atom. The zero-order chi connectivity index (χ0) is 15.2. The average molecular weight is 277 g/mol. The van der Waals surface area contributed by atoms with Crippen molar-refractivity contribution in [3.63, 3.8) is 0 Å². The Balaban J connectivity index is 2.58. The van der Waals surface area contributed by atoms with Crippen molar-refractivity contribution in [1.82, 2.24) is 5.32 Å². The van der Waals surface area contributed by atoms with E-state index in [1.54, 1.807) is 26.0 Å². The summed E-state index contributed by atoms with van der Waals surface area (Å²) in [5.74, 6) is -1.16. The summed E-state index contributed by atoms with van der Waals surface area (Å²) in [6, 6.07) is 7.47. The number of amides is 1. The van der Waals surface area contributed by atoms with Crippen LogP contribution in [0.25, 0.3) is 0 Å². The van der Waals surface area contributed by atoms with Gasteiger partial charge in [-0.3, -0.25) is 9.59 Å². The summed E-state index contributed by atoms with van der Waals surface area (Å²) < 4.78 is 0. The molecule has 4 nitrogen and oxygen atoms in total. The van der Waals surface area contributed by atoms with Gasteiger partial charge in [0.2, 0.25) is 0 Å². The van der Waals surface area contributed by atoms with Crippen molar-refractivity contribution in [2.45, 2.75) is 40.0 Å². The Morgan fingerprint density at radius 3 is 2.30 bits per heavy atom. The van der Waals surface area contributed by atoms with E-state index in [1.165, 1.54) is 5.56 Å². The minimum atomic E-state index is -0.962. The average Bonchev–Trinajstić information content (AvgIpc) is 2.43. The van der Waals surface area contributed by atoms with Crippen molar-refractivity contribution in [3.05, 3.63) is 35.4 Å². The molecule has 0 aliphatic rings. The van der Waals surface area contributed by atoms with E-state index in [0.29, 0.717) is 5.56 Å². The zero-order valence-electron chi connectivity index (χ0n) is 12.4. The van der Waals surface area contributed by atoms with E-state index in [2.05, 4.69) is 12.2 Å². The molecule has 0 fully saturated rings. The van der Waals surface area contributed by atoms with Crippen LogP contribution in [0.2, 0.25) is 0 Å². The van der Waals surface area contributed by atoms with E-state index in [1.807, 2.05) is 12.1 Å². The maximum absolute atomic E-state index is 11.9. The van der Waals surface area contributed by atoms with Crippen LogP contribution in [0.3, 0.4) is 0 Å². The van der Waals surface area contributed by atoms with E-state index < -0.39 is 11.4 Å². The van der Waals surface area contributed by atoms with Crippen LogP contribution in [0.4, 0.5) is 0 Å². The summed E-state index contributed by atoms with van der Waals surface area (Å²) in [4.78, 5) is 22.9. The summed E-state index contributed by atoms with van der Waals surface area (Å²) in [7, 11) is 0. The number of carbonyl (C=O) groups is 2. The van der Waals surface area contributed by atoms with E-state index >= 15 is 0 Å². The molecule has 0 aliphatic carbocycles. The van der Waals surface area contributed by atoms with Crippen molar-refractivity contribution in [2.24, 2.45) is 5.41 Å². The molecule has 20 heavy (non-hydrogen) atoms. The van der Waals surface area contributed by atoms with Crippen molar-refractivity contribution in [1.29, 1.82) is 0 Å². The van der Waals surface area contributed by atoms with Gasteiger partial charge in [-0.2, -0.15) is 0 Å². The SMILES string of the molecule is CCCCc1ccc(C(=O)NCC(C)(C)C(=O)O)cc1. The van der Waals surface area contributed by atoms with Crippen molar-refractivity contribution in [2.75, 3.05) is 6.54 Å². The van der Waals surface area contributed by atoms with E-state index in [4.69, 9.17) is 5.11 Å². The topological polar surface area (TPSA) is 66.4 Å². The third-order valence-corrected chi connectivity index (χ3v) is 3.30. The fourth-order valence-corrected chi connectivity index (χ4v) is 1.68. The molecule has 4 heteroatoms. The highest BCUT2D eigenvalue weighted by molar-refractivity contribution is 5.94. The number of aryl methyl sites for hydroxylation is 1. The molecule has 1 aromatic rings. The number of rotatable bonds is 7. The normalized spacial score (nSPS) is 11.2. The van der Waals surface area contributed by atoms with Gasteiger partial charge < -0.3 is 10.4 Å². The van der Waals surface area contributed by atoms with Crippen molar-refractivity contribution < 1.29 is 14.7 Å². The molecule has 1 rings (SSSR count). The van der Waals surface area contributed by atoms with Crippen molar-refractivity contribution >= 4 is 11.9 Å². The van der Waals surface area contributed by atoms with Crippen LogP contribution in [0.1, 0.15) is 49.5 Å². The second-order valence-electron chi connectivity index (χ2n) is 5.67.